The highest BCUT2D eigenvalue weighted by Gasteiger charge is 2.18. The van der Waals surface area contributed by atoms with Gasteiger partial charge in [0.15, 0.2) is 0 Å². The van der Waals surface area contributed by atoms with Gasteiger partial charge in [0.1, 0.15) is 18.2 Å². The van der Waals surface area contributed by atoms with Crippen molar-refractivity contribution >= 4 is 5.91 Å². The Balaban J connectivity index is 1.89. The van der Waals surface area contributed by atoms with E-state index in [1.54, 1.807) is 12.1 Å². The van der Waals surface area contributed by atoms with Crippen molar-refractivity contribution in [2.24, 2.45) is 0 Å². The number of hydrogen-bond acceptors (Lipinski definition) is 2. The second-order valence-electron chi connectivity index (χ2n) is 6.33. The molecule has 0 atom stereocenters. The molecule has 0 spiro atoms. The molecule has 0 saturated heterocycles. The lowest BCUT2D eigenvalue weighted by molar-refractivity contribution is 0.0943. The third-order valence-corrected chi connectivity index (χ3v) is 3.46. The first kappa shape index (κ1) is 17.0. The zero-order chi connectivity index (χ0) is 16.9. The quantitative estimate of drug-likeness (QED) is 0.849. The summed E-state index contributed by atoms with van der Waals surface area (Å²) in [6.07, 6.45) is 0. The Hall–Kier alpha value is -2.36. The SMILES string of the molecule is CC(C)(C)c1ccccc1OCCNC(=O)c1ccccc1F. The predicted molar refractivity (Wildman–Crippen MR) is 89.4 cm³/mol. The molecule has 0 unspecified atom stereocenters. The molecule has 0 aliphatic heterocycles. The number of hydrogen-bond donors (Lipinski definition) is 1. The van der Waals surface area contributed by atoms with E-state index in [1.165, 1.54) is 12.1 Å². The van der Waals surface area contributed by atoms with Crippen LogP contribution >= 0.6 is 0 Å². The van der Waals surface area contributed by atoms with Crippen molar-refractivity contribution < 1.29 is 13.9 Å². The van der Waals surface area contributed by atoms with Crippen LogP contribution in [0.2, 0.25) is 0 Å². The molecule has 1 amide bonds. The third-order valence-electron chi connectivity index (χ3n) is 3.46. The lowest BCUT2D eigenvalue weighted by Crippen LogP contribution is -2.29. The fraction of sp³-hybridized carbons (Fsp3) is 0.316. The fourth-order valence-corrected chi connectivity index (χ4v) is 2.28. The monoisotopic (exact) mass is 315 g/mol. The van der Waals surface area contributed by atoms with Crippen molar-refractivity contribution in [3.63, 3.8) is 0 Å². The van der Waals surface area contributed by atoms with Gasteiger partial charge in [-0.25, -0.2) is 4.39 Å². The number of ether oxygens (including phenoxy) is 1. The zero-order valence-corrected chi connectivity index (χ0v) is 13.7. The highest BCUT2D eigenvalue weighted by Crippen LogP contribution is 2.30. The molecule has 0 fully saturated rings. The second kappa shape index (κ2) is 7.27. The van der Waals surface area contributed by atoms with E-state index >= 15 is 0 Å². The van der Waals surface area contributed by atoms with Gasteiger partial charge in [0.05, 0.1) is 12.1 Å². The summed E-state index contributed by atoms with van der Waals surface area (Å²) in [5.74, 6) is -0.153. The van der Waals surface area contributed by atoms with Gasteiger partial charge in [-0.2, -0.15) is 0 Å². The van der Waals surface area contributed by atoms with E-state index in [0.717, 1.165) is 11.3 Å². The number of halogens is 1. The van der Waals surface area contributed by atoms with E-state index in [-0.39, 0.29) is 11.0 Å². The highest BCUT2D eigenvalue weighted by atomic mass is 19.1. The molecule has 0 saturated carbocycles. The largest absolute Gasteiger partial charge is 0.491 e. The lowest BCUT2D eigenvalue weighted by Gasteiger charge is -2.22. The third kappa shape index (κ3) is 4.55. The van der Waals surface area contributed by atoms with E-state index in [4.69, 9.17) is 4.74 Å². The summed E-state index contributed by atoms with van der Waals surface area (Å²) in [7, 11) is 0. The predicted octanol–water partition coefficient (Wildman–Crippen LogP) is 3.93. The van der Waals surface area contributed by atoms with Crippen LogP contribution in [-0.4, -0.2) is 19.1 Å². The maximum absolute atomic E-state index is 13.5. The van der Waals surface area contributed by atoms with Crippen LogP contribution in [0.3, 0.4) is 0 Å². The first-order valence-electron chi connectivity index (χ1n) is 7.64. The van der Waals surface area contributed by atoms with E-state index in [2.05, 4.69) is 26.1 Å². The molecule has 0 heterocycles. The first-order valence-corrected chi connectivity index (χ1v) is 7.64. The van der Waals surface area contributed by atoms with Crippen LogP contribution < -0.4 is 10.1 Å². The Labute approximate surface area is 136 Å². The number of benzene rings is 2. The van der Waals surface area contributed by atoms with E-state index in [0.29, 0.717) is 13.2 Å². The summed E-state index contributed by atoms with van der Waals surface area (Å²) in [6, 6.07) is 13.8. The average Bonchev–Trinajstić information content (AvgIpc) is 2.51. The van der Waals surface area contributed by atoms with Gasteiger partial charge in [-0.3, -0.25) is 4.79 Å². The summed E-state index contributed by atoms with van der Waals surface area (Å²) in [5, 5.41) is 2.66. The Morgan fingerprint density at radius 3 is 2.43 bits per heavy atom. The van der Waals surface area contributed by atoms with Gasteiger partial charge in [-0.1, -0.05) is 51.1 Å². The Morgan fingerprint density at radius 1 is 1.09 bits per heavy atom. The topological polar surface area (TPSA) is 38.3 Å². The molecule has 122 valence electrons. The van der Waals surface area contributed by atoms with Gasteiger partial charge in [0.2, 0.25) is 0 Å². The number of para-hydroxylation sites is 1. The molecule has 0 aromatic heterocycles. The van der Waals surface area contributed by atoms with Crippen LogP contribution in [0.4, 0.5) is 4.39 Å². The van der Waals surface area contributed by atoms with Crippen LogP contribution in [0.15, 0.2) is 48.5 Å². The number of carbonyl (C=O) groups excluding carboxylic acids is 1. The number of nitrogens with one attached hydrogen (secondary N) is 1. The summed E-state index contributed by atoms with van der Waals surface area (Å²) >= 11 is 0. The van der Waals surface area contributed by atoms with Gasteiger partial charge in [-0.15, -0.1) is 0 Å². The van der Waals surface area contributed by atoms with E-state index in [1.807, 2.05) is 24.3 Å². The summed E-state index contributed by atoms with van der Waals surface area (Å²) in [5.41, 5.74) is 1.13. The number of rotatable bonds is 5. The minimum absolute atomic E-state index is 0.0208. The minimum atomic E-state index is -0.524. The van der Waals surface area contributed by atoms with Crippen molar-refractivity contribution in [2.45, 2.75) is 26.2 Å². The molecule has 2 rings (SSSR count). The molecule has 3 nitrogen and oxygen atoms in total. The Bertz CT molecular complexity index is 677. The number of carbonyl (C=O) groups is 1. The van der Waals surface area contributed by atoms with Crippen LogP contribution in [0, 0.1) is 5.82 Å². The molecular weight excluding hydrogens is 293 g/mol. The van der Waals surface area contributed by atoms with Gasteiger partial charge in [0.25, 0.3) is 5.91 Å². The fourth-order valence-electron chi connectivity index (χ4n) is 2.28. The Kier molecular flexibility index (Phi) is 5.37. The summed E-state index contributed by atoms with van der Waals surface area (Å²) < 4.78 is 19.3. The van der Waals surface area contributed by atoms with Gasteiger partial charge >= 0.3 is 0 Å². The smallest absolute Gasteiger partial charge is 0.254 e. The molecule has 0 aliphatic carbocycles. The lowest BCUT2D eigenvalue weighted by atomic mass is 9.86. The molecule has 2 aromatic carbocycles. The van der Waals surface area contributed by atoms with Gasteiger partial charge in [-0.05, 0) is 29.2 Å². The Morgan fingerprint density at radius 2 is 1.74 bits per heavy atom. The maximum atomic E-state index is 13.5. The summed E-state index contributed by atoms with van der Waals surface area (Å²) in [4.78, 5) is 11.9. The highest BCUT2D eigenvalue weighted by molar-refractivity contribution is 5.94. The molecule has 23 heavy (non-hydrogen) atoms. The van der Waals surface area contributed by atoms with Crippen molar-refractivity contribution in [1.29, 1.82) is 0 Å². The normalized spacial score (nSPS) is 11.1. The molecule has 0 aliphatic rings. The average molecular weight is 315 g/mol. The zero-order valence-electron chi connectivity index (χ0n) is 13.7. The van der Waals surface area contributed by atoms with Crippen LogP contribution in [0.5, 0.6) is 5.75 Å². The van der Waals surface area contributed by atoms with Gasteiger partial charge in [0, 0.05) is 0 Å². The van der Waals surface area contributed by atoms with Crippen molar-refractivity contribution in [3.05, 3.63) is 65.5 Å². The van der Waals surface area contributed by atoms with Gasteiger partial charge < -0.3 is 10.1 Å². The minimum Gasteiger partial charge on any atom is -0.491 e. The molecule has 2 aromatic rings. The molecule has 1 N–H and O–H groups in total. The first-order chi connectivity index (χ1) is 10.9. The van der Waals surface area contributed by atoms with E-state index < -0.39 is 11.7 Å². The standard InChI is InChI=1S/C19H22FNO2/c1-19(2,3)15-9-5-7-11-17(15)23-13-12-21-18(22)14-8-4-6-10-16(14)20/h4-11H,12-13H2,1-3H3,(H,21,22). The molecule has 4 heteroatoms. The van der Waals surface area contributed by atoms with Crippen LogP contribution in [0.1, 0.15) is 36.7 Å². The molecular formula is C19H22FNO2. The maximum Gasteiger partial charge on any atom is 0.254 e. The van der Waals surface area contributed by atoms with E-state index in [9.17, 15) is 9.18 Å². The van der Waals surface area contributed by atoms with Crippen molar-refractivity contribution in [2.75, 3.05) is 13.2 Å². The van der Waals surface area contributed by atoms with Crippen molar-refractivity contribution in [1.82, 2.24) is 5.32 Å². The van der Waals surface area contributed by atoms with Crippen molar-refractivity contribution in [3.8, 4) is 5.75 Å². The molecule has 0 radical (unpaired) electrons. The van der Waals surface area contributed by atoms with Crippen LogP contribution in [0.25, 0.3) is 0 Å². The number of amides is 1. The summed E-state index contributed by atoms with van der Waals surface area (Å²) in [6.45, 7) is 7.00. The van der Waals surface area contributed by atoms with Crippen LogP contribution in [-0.2, 0) is 5.41 Å². The second-order valence-corrected chi connectivity index (χ2v) is 6.33. The molecule has 0 bridgehead atoms.